The second-order valence-corrected chi connectivity index (χ2v) is 3.88. The molecule has 56 valence electrons. The zero-order chi connectivity index (χ0) is 7.56. The number of halogens is 3. The van der Waals surface area contributed by atoms with Crippen molar-refractivity contribution in [1.82, 2.24) is 0 Å². The maximum Gasteiger partial charge on any atom is -1.00 e. The largest absolute Gasteiger partial charge is 1.00 e. The van der Waals surface area contributed by atoms with Crippen LogP contribution in [0.1, 0.15) is 5.56 Å². The van der Waals surface area contributed by atoms with Crippen molar-refractivity contribution in [1.29, 1.82) is 0 Å². The Morgan fingerprint density at radius 1 is 1.27 bits per heavy atom. The van der Waals surface area contributed by atoms with Crippen LogP contribution in [0.4, 0.5) is 0 Å². The summed E-state index contributed by atoms with van der Waals surface area (Å²) >= 11 is 12.8. The van der Waals surface area contributed by atoms with Crippen molar-refractivity contribution in [2.45, 2.75) is 5.02 Å². The van der Waals surface area contributed by atoms with Gasteiger partial charge in [0.15, 0.2) is 0 Å². The molecule has 0 heterocycles. The fourth-order valence-electron chi connectivity index (χ4n) is 0.724. The van der Waals surface area contributed by atoms with Gasteiger partial charge in [0.05, 0.1) is 0 Å². The molecule has 4 heteroatoms. The quantitative estimate of drug-likeness (QED) is 0.643. The Kier molecular flexibility index (Phi) is 5.99. The van der Waals surface area contributed by atoms with Crippen LogP contribution in [0.5, 0.6) is 0 Å². The first-order valence-electron chi connectivity index (χ1n) is 2.97. The number of hydrogen-bond donors (Lipinski definition) is 0. The van der Waals surface area contributed by atoms with E-state index in [1.165, 1.54) is 23.9 Å². The molecule has 11 heavy (non-hydrogen) atoms. The van der Waals surface area contributed by atoms with Crippen molar-refractivity contribution in [3.8, 4) is 0 Å². The van der Waals surface area contributed by atoms with Crippen LogP contribution < -0.4 is 17.0 Å². The second kappa shape index (κ2) is 5.53. The molecule has 0 saturated carbocycles. The van der Waals surface area contributed by atoms with Crippen LogP contribution in [0.2, 0.25) is 10.0 Å². The topological polar surface area (TPSA) is 0 Å². The molecule has 0 aliphatic carbocycles. The van der Waals surface area contributed by atoms with E-state index >= 15 is 0 Å². The maximum absolute atomic E-state index is 5.87. The minimum absolute atomic E-state index is 0. The van der Waals surface area contributed by atoms with Gasteiger partial charge in [0.1, 0.15) is 0 Å². The van der Waals surface area contributed by atoms with E-state index < -0.39 is 0 Å². The molecule has 0 bridgehead atoms. The average molecular weight is 305 g/mol. The zero-order valence-corrected chi connectivity index (χ0v) is 11.8. The molecular formula is C7H5BrCl2Zn. The summed E-state index contributed by atoms with van der Waals surface area (Å²) in [4.78, 5) is 0. The number of benzene rings is 1. The summed E-state index contributed by atoms with van der Waals surface area (Å²) in [7, 11) is 0. The fraction of sp³-hybridized carbons (Fsp3) is 0.143. The molecular weight excluding hydrogens is 300 g/mol. The summed E-state index contributed by atoms with van der Waals surface area (Å²) in [5, 5.41) is 2.58. The van der Waals surface area contributed by atoms with Gasteiger partial charge in [-0.2, -0.15) is 0 Å². The third-order valence-corrected chi connectivity index (χ3v) is 3.00. The predicted molar refractivity (Wildman–Crippen MR) is 40.2 cm³/mol. The predicted octanol–water partition coefficient (Wildman–Crippen LogP) is 0.0442. The van der Waals surface area contributed by atoms with Gasteiger partial charge in [-0.1, -0.05) is 0 Å². The smallest absolute Gasteiger partial charge is 1.00 e. The number of hydrogen-bond acceptors (Lipinski definition) is 0. The van der Waals surface area contributed by atoms with E-state index in [1.807, 2.05) is 12.1 Å². The Labute approximate surface area is 96.7 Å². The molecule has 0 amide bonds. The van der Waals surface area contributed by atoms with Crippen molar-refractivity contribution in [2.24, 2.45) is 0 Å². The van der Waals surface area contributed by atoms with Gasteiger partial charge >= 0.3 is 80.3 Å². The zero-order valence-electron chi connectivity index (χ0n) is 5.78. The first kappa shape index (κ1) is 11.9. The second-order valence-electron chi connectivity index (χ2n) is 1.99. The average Bonchev–Trinajstić information content (AvgIpc) is 1.88. The van der Waals surface area contributed by atoms with Crippen molar-refractivity contribution >= 4 is 23.2 Å². The van der Waals surface area contributed by atoms with Gasteiger partial charge in [-0.25, -0.2) is 0 Å². The molecule has 0 N–H and O–H groups in total. The van der Waals surface area contributed by atoms with Crippen LogP contribution in [-0.4, -0.2) is 0 Å². The summed E-state index contributed by atoms with van der Waals surface area (Å²) in [6.45, 7) is 0. The molecule has 0 aromatic heterocycles. The Bertz CT molecular complexity index is 240. The van der Waals surface area contributed by atoms with E-state index in [1.54, 1.807) is 6.07 Å². The van der Waals surface area contributed by atoms with Gasteiger partial charge in [0.25, 0.3) is 0 Å². The van der Waals surface area contributed by atoms with Crippen LogP contribution in [0, 0.1) is 0 Å². The summed E-state index contributed by atoms with van der Waals surface area (Å²) in [6.07, 6.45) is 0. The molecule has 0 spiro atoms. The van der Waals surface area contributed by atoms with Gasteiger partial charge in [0, 0.05) is 0 Å². The van der Waals surface area contributed by atoms with Gasteiger partial charge < -0.3 is 17.0 Å². The molecule has 0 nitrogen and oxygen atoms in total. The molecule has 0 unspecified atom stereocenters. The number of rotatable bonds is 1. The Morgan fingerprint density at radius 3 is 2.36 bits per heavy atom. The Balaban J connectivity index is 0.000001000. The molecule has 1 rings (SSSR count). The van der Waals surface area contributed by atoms with Crippen molar-refractivity contribution in [2.75, 3.05) is 0 Å². The molecule has 0 aliphatic heterocycles. The molecule has 1 aromatic carbocycles. The summed E-state index contributed by atoms with van der Waals surface area (Å²) in [5.41, 5.74) is 1.20. The third kappa shape index (κ3) is 3.42. The van der Waals surface area contributed by atoms with Crippen LogP contribution in [0.25, 0.3) is 0 Å². The van der Waals surface area contributed by atoms with Crippen LogP contribution in [0.3, 0.4) is 0 Å². The van der Waals surface area contributed by atoms with Crippen molar-refractivity contribution < 1.29 is 35.3 Å². The van der Waals surface area contributed by atoms with Crippen LogP contribution in [-0.2, 0) is 23.3 Å². The molecule has 0 fully saturated rings. The first-order chi connectivity index (χ1) is 4.74. The standard InChI is InChI=1S/C7H5Cl2.BrH.Zn/c1-5-2-3-6(8)4-7(5)9;;/h2-4H,1H2;1H;/q;;+1/p-1. The van der Waals surface area contributed by atoms with E-state index in [9.17, 15) is 0 Å². The van der Waals surface area contributed by atoms with Gasteiger partial charge in [-0.05, 0) is 0 Å². The van der Waals surface area contributed by atoms with E-state index in [2.05, 4.69) is 0 Å². The van der Waals surface area contributed by atoms with Gasteiger partial charge in [-0.15, -0.1) is 0 Å². The Hall–Kier alpha value is 0.903. The first-order valence-corrected chi connectivity index (χ1v) is 5.82. The van der Waals surface area contributed by atoms with E-state index in [0.29, 0.717) is 5.02 Å². The minimum atomic E-state index is 0. The van der Waals surface area contributed by atoms with Gasteiger partial charge in [-0.3, -0.25) is 0 Å². The molecule has 0 radical (unpaired) electrons. The van der Waals surface area contributed by atoms with E-state index in [0.717, 1.165) is 10.0 Å². The minimum Gasteiger partial charge on any atom is -1.00 e. The monoisotopic (exact) mass is 302 g/mol. The SMILES string of the molecule is Clc1ccc([CH2][Zn+])c(Cl)c1.[Br-]. The van der Waals surface area contributed by atoms with E-state index in [4.69, 9.17) is 23.2 Å². The molecule has 1 aromatic rings. The normalized spacial score (nSPS) is 9.09. The Morgan fingerprint density at radius 2 is 1.91 bits per heavy atom. The van der Waals surface area contributed by atoms with Gasteiger partial charge in [0.2, 0.25) is 0 Å². The summed E-state index contributed by atoms with van der Waals surface area (Å²) in [6, 6.07) is 5.64. The van der Waals surface area contributed by atoms with Crippen LogP contribution >= 0.6 is 23.2 Å². The molecule has 0 saturated heterocycles. The fourth-order valence-corrected chi connectivity index (χ4v) is 2.47. The van der Waals surface area contributed by atoms with E-state index in [-0.39, 0.29) is 17.0 Å². The van der Waals surface area contributed by atoms with Crippen LogP contribution in [0.15, 0.2) is 18.2 Å². The summed E-state index contributed by atoms with van der Waals surface area (Å²) in [5.74, 6) is 0. The van der Waals surface area contributed by atoms with Crippen molar-refractivity contribution in [3.63, 3.8) is 0 Å². The molecule has 0 aliphatic rings. The summed E-state index contributed by atoms with van der Waals surface area (Å²) < 4.78 is 0. The van der Waals surface area contributed by atoms with Crippen molar-refractivity contribution in [3.05, 3.63) is 33.8 Å². The maximum atomic E-state index is 5.87. The molecule has 0 atom stereocenters. The third-order valence-electron chi connectivity index (χ3n) is 1.28.